The van der Waals surface area contributed by atoms with Crippen molar-refractivity contribution in [3.8, 4) is 6.07 Å². The van der Waals surface area contributed by atoms with Crippen LogP contribution < -0.4 is 10.6 Å². The van der Waals surface area contributed by atoms with Gasteiger partial charge in [0.25, 0.3) is 0 Å². The Labute approximate surface area is 125 Å². The van der Waals surface area contributed by atoms with Gasteiger partial charge in [0.1, 0.15) is 11.4 Å². The van der Waals surface area contributed by atoms with E-state index in [1.165, 1.54) is 6.07 Å². The number of nitrogens with zero attached hydrogens (tertiary/aromatic N) is 1. The van der Waals surface area contributed by atoms with Gasteiger partial charge in [-0.05, 0) is 59.8 Å². The van der Waals surface area contributed by atoms with Crippen molar-refractivity contribution in [3.05, 3.63) is 28.5 Å². The van der Waals surface area contributed by atoms with Gasteiger partial charge in [0, 0.05) is 5.69 Å². The molecule has 20 heavy (non-hydrogen) atoms. The van der Waals surface area contributed by atoms with Gasteiger partial charge < -0.3 is 10.6 Å². The maximum absolute atomic E-state index is 13.1. The van der Waals surface area contributed by atoms with E-state index in [0.717, 1.165) is 12.8 Å². The van der Waals surface area contributed by atoms with Gasteiger partial charge >= 0.3 is 0 Å². The summed E-state index contributed by atoms with van der Waals surface area (Å²) in [6, 6.07) is 6.60. The summed E-state index contributed by atoms with van der Waals surface area (Å²) >= 11 is 3.08. The molecule has 0 spiro atoms. The van der Waals surface area contributed by atoms with E-state index in [4.69, 9.17) is 5.26 Å². The molecule has 0 heterocycles. The van der Waals surface area contributed by atoms with Gasteiger partial charge in [-0.15, -0.1) is 0 Å². The first-order valence-corrected chi connectivity index (χ1v) is 7.15. The summed E-state index contributed by atoms with van der Waals surface area (Å²) in [4.78, 5) is 11.9. The van der Waals surface area contributed by atoms with E-state index in [-0.39, 0.29) is 24.2 Å². The molecular weight excluding hydrogens is 325 g/mol. The van der Waals surface area contributed by atoms with Crippen molar-refractivity contribution in [2.75, 3.05) is 11.9 Å². The number of nitriles is 1. The van der Waals surface area contributed by atoms with Crippen molar-refractivity contribution in [1.29, 1.82) is 5.26 Å². The fourth-order valence-electron chi connectivity index (χ4n) is 2.00. The van der Waals surface area contributed by atoms with Crippen LogP contribution in [0.3, 0.4) is 0 Å². The lowest BCUT2D eigenvalue weighted by Gasteiger charge is -2.23. The third-order valence-electron chi connectivity index (χ3n) is 3.40. The maximum atomic E-state index is 13.1. The van der Waals surface area contributed by atoms with E-state index >= 15 is 0 Å². The first kappa shape index (κ1) is 14.8. The number of carbonyl (C=O) groups excluding carboxylic acids is 1. The quantitative estimate of drug-likeness (QED) is 0.866. The molecule has 0 aliphatic heterocycles. The molecule has 1 aromatic rings. The minimum atomic E-state index is -0.790. The number of amides is 1. The van der Waals surface area contributed by atoms with E-state index in [2.05, 4.69) is 32.6 Å². The van der Waals surface area contributed by atoms with Gasteiger partial charge in [0.15, 0.2) is 0 Å². The molecule has 2 N–H and O–H groups in total. The lowest BCUT2D eigenvalue weighted by molar-refractivity contribution is -0.120. The Bertz CT molecular complexity index is 568. The molecule has 1 atom stereocenters. The van der Waals surface area contributed by atoms with Gasteiger partial charge in [-0.3, -0.25) is 4.79 Å². The van der Waals surface area contributed by atoms with Crippen LogP contribution in [-0.2, 0) is 4.79 Å². The van der Waals surface area contributed by atoms with E-state index in [1.54, 1.807) is 19.1 Å². The standard InChI is InChI=1S/C14H15BrFN3O/c1-14(8-17,9-2-3-9)19-13(20)7-18-10-4-5-12(16)11(15)6-10/h4-6,9,18H,2-3,7H2,1H3,(H,19,20)/t14-/m0/s1. The molecule has 0 saturated heterocycles. The van der Waals surface area contributed by atoms with E-state index in [0.29, 0.717) is 10.2 Å². The van der Waals surface area contributed by atoms with Crippen LogP contribution in [-0.4, -0.2) is 18.0 Å². The number of nitrogens with one attached hydrogen (secondary N) is 2. The number of rotatable bonds is 5. The summed E-state index contributed by atoms with van der Waals surface area (Å²) in [5.41, 5.74) is -0.152. The van der Waals surface area contributed by atoms with Crippen molar-refractivity contribution in [1.82, 2.24) is 5.32 Å². The van der Waals surface area contributed by atoms with Crippen LogP contribution in [0, 0.1) is 23.1 Å². The molecule has 1 saturated carbocycles. The second kappa shape index (κ2) is 5.80. The highest BCUT2D eigenvalue weighted by molar-refractivity contribution is 9.10. The zero-order chi connectivity index (χ0) is 14.8. The number of anilines is 1. The van der Waals surface area contributed by atoms with Gasteiger partial charge in [-0.1, -0.05) is 0 Å². The maximum Gasteiger partial charge on any atom is 0.240 e. The van der Waals surface area contributed by atoms with Gasteiger partial charge in [0.2, 0.25) is 5.91 Å². The minimum absolute atomic E-state index is 0.0437. The molecule has 1 aromatic carbocycles. The molecule has 2 rings (SSSR count). The molecule has 6 heteroatoms. The molecule has 0 aromatic heterocycles. The smallest absolute Gasteiger partial charge is 0.240 e. The van der Waals surface area contributed by atoms with Crippen LogP contribution in [0.4, 0.5) is 10.1 Å². The minimum Gasteiger partial charge on any atom is -0.376 e. The fraction of sp³-hybridized carbons (Fsp3) is 0.429. The Hall–Kier alpha value is -1.61. The Balaban J connectivity index is 1.89. The third-order valence-corrected chi connectivity index (χ3v) is 4.01. The Morgan fingerprint density at radius 2 is 2.30 bits per heavy atom. The lowest BCUT2D eigenvalue weighted by Crippen LogP contribution is -2.48. The summed E-state index contributed by atoms with van der Waals surface area (Å²) in [5.74, 6) is -0.358. The predicted molar refractivity (Wildman–Crippen MR) is 77.5 cm³/mol. The predicted octanol–water partition coefficient (Wildman–Crippen LogP) is 2.81. The second-order valence-electron chi connectivity index (χ2n) is 5.12. The highest BCUT2D eigenvalue weighted by atomic mass is 79.9. The van der Waals surface area contributed by atoms with Crippen LogP contribution >= 0.6 is 15.9 Å². The second-order valence-corrected chi connectivity index (χ2v) is 5.97. The summed E-state index contributed by atoms with van der Waals surface area (Å²) in [6.07, 6.45) is 1.95. The van der Waals surface area contributed by atoms with E-state index in [9.17, 15) is 9.18 Å². The molecule has 1 aliphatic rings. The summed E-state index contributed by atoms with van der Waals surface area (Å²) in [6.45, 7) is 1.79. The number of hydrogen-bond donors (Lipinski definition) is 2. The van der Waals surface area contributed by atoms with E-state index in [1.807, 2.05) is 0 Å². The van der Waals surface area contributed by atoms with Gasteiger partial charge in [-0.2, -0.15) is 5.26 Å². The fourth-order valence-corrected chi connectivity index (χ4v) is 2.38. The van der Waals surface area contributed by atoms with Crippen molar-refractivity contribution >= 4 is 27.5 Å². The van der Waals surface area contributed by atoms with Crippen molar-refractivity contribution in [3.63, 3.8) is 0 Å². The zero-order valence-corrected chi connectivity index (χ0v) is 12.6. The molecule has 0 unspecified atom stereocenters. The molecule has 1 aliphatic carbocycles. The number of halogens is 2. The highest BCUT2D eigenvalue weighted by Crippen LogP contribution is 2.39. The lowest BCUT2D eigenvalue weighted by atomic mass is 9.98. The van der Waals surface area contributed by atoms with E-state index < -0.39 is 5.54 Å². The number of benzene rings is 1. The average molecular weight is 340 g/mol. The first-order chi connectivity index (χ1) is 9.44. The Morgan fingerprint density at radius 3 is 2.85 bits per heavy atom. The average Bonchev–Trinajstić information content (AvgIpc) is 3.25. The normalized spacial score (nSPS) is 16.9. The summed E-state index contributed by atoms with van der Waals surface area (Å²) in [5, 5.41) is 14.8. The topological polar surface area (TPSA) is 64.9 Å². The highest BCUT2D eigenvalue weighted by Gasteiger charge is 2.42. The zero-order valence-electron chi connectivity index (χ0n) is 11.0. The van der Waals surface area contributed by atoms with Crippen LogP contribution in [0.25, 0.3) is 0 Å². The van der Waals surface area contributed by atoms with Crippen molar-refractivity contribution in [2.24, 2.45) is 5.92 Å². The molecule has 1 amide bonds. The molecular formula is C14H15BrFN3O. The Morgan fingerprint density at radius 1 is 1.60 bits per heavy atom. The van der Waals surface area contributed by atoms with Crippen LogP contribution in [0.5, 0.6) is 0 Å². The molecule has 0 bridgehead atoms. The Kier molecular flexibility index (Phi) is 4.29. The van der Waals surface area contributed by atoms with Crippen molar-refractivity contribution in [2.45, 2.75) is 25.3 Å². The molecule has 1 fully saturated rings. The summed E-state index contributed by atoms with van der Waals surface area (Å²) < 4.78 is 13.4. The largest absolute Gasteiger partial charge is 0.376 e. The van der Waals surface area contributed by atoms with Crippen LogP contribution in [0.1, 0.15) is 19.8 Å². The first-order valence-electron chi connectivity index (χ1n) is 6.36. The molecule has 0 radical (unpaired) electrons. The van der Waals surface area contributed by atoms with Crippen molar-refractivity contribution < 1.29 is 9.18 Å². The van der Waals surface area contributed by atoms with Crippen LogP contribution in [0.2, 0.25) is 0 Å². The number of hydrogen-bond acceptors (Lipinski definition) is 3. The number of carbonyl (C=O) groups is 1. The SMILES string of the molecule is C[C@@](C#N)(NC(=O)CNc1ccc(F)c(Br)c1)C1CC1. The van der Waals surface area contributed by atoms with Gasteiger partial charge in [-0.25, -0.2) is 4.39 Å². The monoisotopic (exact) mass is 339 g/mol. The summed E-state index contributed by atoms with van der Waals surface area (Å²) in [7, 11) is 0. The van der Waals surface area contributed by atoms with Gasteiger partial charge in [0.05, 0.1) is 17.1 Å². The van der Waals surface area contributed by atoms with Crippen LogP contribution in [0.15, 0.2) is 22.7 Å². The molecule has 4 nitrogen and oxygen atoms in total. The molecule has 106 valence electrons. The third kappa shape index (κ3) is 3.48.